The molecule has 7 heteroatoms. The average molecular weight is 372 g/mol. The van der Waals surface area contributed by atoms with Crippen molar-refractivity contribution in [3.63, 3.8) is 0 Å². The topological polar surface area (TPSA) is 51.2 Å². The number of hydrogen-bond acceptors (Lipinski definition) is 4. The number of aromatic nitrogens is 1. The summed E-state index contributed by atoms with van der Waals surface area (Å²) in [5.41, 5.74) is 1.31. The molecule has 0 radical (unpaired) electrons. The minimum absolute atomic E-state index is 0.368. The van der Waals surface area contributed by atoms with Gasteiger partial charge < -0.3 is 10.1 Å². The summed E-state index contributed by atoms with van der Waals surface area (Å²) in [6, 6.07) is 15.0. The summed E-state index contributed by atoms with van der Waals surface area (Å²) >= 11 is 0. The quantitative estimate of drug-likeness (QED) is 0.595. The van der Waals surface area contributed by atoms with Gasteiger partial charge in [-0.15, -0.1) is 0 Å². The summed E-state index contributed by atoms with van der Waals surface area (Å²) in [7, 11) is 0. The fraction of sp³-hybridized carbons (Fsp3) is 0.100. The second-order valence-electron chi connectivity index (χ2n) is 5.72. The molecule has 0 fully saturated rings. The largest absolute Gasteiger partial charge is 0.439 e. The smallest absolute Gasteiger partial charge is 0.416 e. The summed E-state index contributed by atoms with van der Waals surface area (Å²) in [6.45, 7) is 0.368. The van der Waals surface area contributed by atoms with Crippen LogP contribution in [0.3, 0.4) is 0 Å². The maximum absolute atomic E-state index is 12.6. The Kier molecular flexibility index (Phi) is 5.40. The molecule has 0 aliphatic heterocycles. The third kappa shape index (κ3) is 5.07. The molecule has 138 valence electrons. The lowest BCUT2D eigenvalue weighted by Gasteiger charge is -2.10. The Morgan fingerprint density at radius 1 is 0.963 bits per heavy atom. The van der Waals surface area contributed by atoms with Crippen molar-refractivity contribution in [2.75, 3.05) is 5.32 Å². The number of nitrogens with one attached hydrogen (secondary N) is 1. The van der Waals surface area contributed by atoms with E-state index in [1.165, 1.54) is 12.1 Å². The highest BCUT2D eigenvalue weighted by Gasteiger charge is 2.29. The van der Waals surface area contributed by atoms with E-state index in [2.05, 4.69) is 10.3 Å². The van der Waals surface area contributed by atoms with Gasteiger partial charge in [0.2, 0.25) is 5.88 Å². The molecule has 3 rings (SSSR count). The summed E-state index contributed by atoms with van der Waals surface area (Å²) in [6.07, 6.45) is -2.02. The van der Waals surface area contributed by atoms with Gasteiger partial charge in [-0.1, -0.05) is 12.1 Å². The van der Waals surface area contributed by atoms with Crippen LogP contribution in [0.15, 0.2) is 66.9 Å². The molecule has 0 saturated heterocycles. The summed E-state index contributed by atoms with van der Waals surface area (Å²) in [4.78, 5) is 14.8. The zero-order valence-electron chi connectivity index (χ0n) is 14.0. The van der Waals surface area contributed by atoms with Crippen LogP contribution in [0, 0.1) is 0 Å². The molecule has 0 amide bonds. The number of hydrogen-bond donors (Lipinski definition) is 1. The number of carbonyl (C=O) groups is 1. The molecule has 27 heavy (non-hydrogen) atoms. The SMILES string of the molecule is O=Cc1ccc(Oc2ccc(NCc3ccc(C(F)(F)F)cc3)cn2)cc1. The maximum atomic E-state index is 12.6. The van der Waals surface area contributed by atoms with Gasteiger partial charge in [0, 0.05) is 18.2 Å². The number of nitrogens with zero attached hydrogens (tertiary/aromatic N) is 1. The summed E-state index contributed by atoms with van der Waals surface area (Å²) in [5.74, 6) is 0.937. The van der Waals surface area contributed by atoms with Crippen molar-refractivity contribution in [1.29, 1.82) is 0 Å². The van der Waals surface area contributed by atoms with Crippen LogP contribution in [0.4, 0.5) is 18.9 Å². The molecule has 0 saturated carbocycles. The van der Waals surface area contributed by atoms with Crippen molar-refractivity contribution in [3.05, 3.63) is 83.6 Å². The predicted octanol–water partition coefficient (Wildman–Crippen LogP) is 5.32. The molecule has 0 aliphatic carbocycles. The van der Waals surface area contributed by atoms with Crippen molar-refractivity contribution >= 4 is 12.0 Å². The van der Waals surface area contributed by atoms with Gasteiger partial charge in [-0.05, 0) is 48.0 Å². The second kappa shape index (κ2) is 7.90. The zero-order valence-corrected chi connectivity index (χ0v) is 14.0. The van der Waals surface area contributed by atoms with Crippen molar-refractivity contribution in [3.8, 4) is 11.6 Å². The third-order valence-corrected chi connectivity index (χ3v) is 3.75. The van der Waals surface area contributed by atoms with Crippen molar-refractivity contribution in [1.82, 2.24) is 4.98 Å². The lowest BCUT2D eigenvalue weighted by atomic mass is 10.1. The first-order valence-electron chi connectivity index (χ1n) is 8.03. The number of alkyl halides is 3. The molecule has 1 N–H and O–H groups in total. The van der Waals surface area contributed by atoms with E-state index in [4.69, 9.17) is 4.74 Å². The van der Waals surface area contributed by atoms with Gasteiger partial charge in [0.1, 0.15) is 12.0 Å². The molecule has 0 bridgehead atoms. The van der Waals surface area contributed by atoms with E-state index in [0.29, 0.717) is 29.4 Å². The van der Waals surface area contributed by atoms with Crippen LogP contribution in [0.2, 0.25) is 0 Å². The standard InChI is InChI=1S/C20H15F3N2O2/c21-20(22,23)16-5-1-14(2-6-16)11-24-17-7-10-19(25-12-17)27-18-8-3-15(13-26)4-9-18/h1-10,12-13,24H,11H2. The first-order valence-corrected chi connectivity index (χ1v) is 8.03. The van der Waals surface area contributed by atoms with Crippen LogP contribution in [-0.2, 0) is 12.7 Å². The Morgan fingerprint density at radius 3 is 2.22 bits per heavy atom. The van der Waals surface area contributed by atoms with E-state index in [0.717, 1.165) is 24.0 Å². The molecule has 0 spiro atoms. The summed E-state index contributed by atoms with van der Waals surface area (Å²) < 4.78 is 43.2. The number of benzene rings is 2. The Labute approximate surface area is 153 Å². The van der Waals surface area contributed by atoms with Crippen molar-refractivity contribution < 1.29 is 22.7 Å². The lowest BCUT2D eigenvalue weighted by molar-refractivity contribution is -0.137. The molecule has 0 aliphatic rings. The van der Waals surface area contributed by atoms with Gasteiger partial charge in [-0.3, -0.25) is 4.79 Å². The average Bonchev–Trinajstić information content (AvgIpc) is 2.68. The fourth-order valence-corrected chi connectivity index (χ4v) is 2.30. The molecular weight excluding hydrogens is 357 g/mol. The Bertz CT molecular complexity index is 891. The second-order valence-corrected chi connectivity index (χ2v) is 5.72. The van der Waals surface area contributed by atoms with Crippen LogP contribution >= 0.6 is 0 Å². The first-order chi connectivity index (χ1) is 12.9. The highest BCUT2D eigenvalue weighted by molar-refractivity contribution is 5.74. The maximum Gasteiger partial charge on any atom is 0.416 e. The Morgan fingerprint density at radius 2 is 1.67 bits per heavy atom. The molecule has 0 atom stereocenters. The number of anilines is 1. The van der Waals surface area contributed by atoms with E-state index in [1.54, 1.807) is 42.6 Å². The monoisotopic (exact) mass is 372 g/mol. The number of aldehydes is 1. The van der Waals surface area contributed by atoms with Crippen molar-refractivity contribution in [2.45, 2.75) is 12.7 Å². The van der Waals surface area contributed by atoms with E-state index >= 15 is 0 Å². The van der Waals surface area contributed by atoms with Gasteiger partial charge in [-0.2, -0.15) is 13.2 Å². The van der Waals surface area contributed by atoms with E-state index in [-0.39, 0.29) is 0 Å². The molecular formula is C20H15F3N2O2. The number of pyridine rings is 1. The van der Waals surface area contributed by atoms with E-state index < -0.39 is 11.7 Å². The van der Waals surface area contributed by atoms with Gasteiger partial charge in [0.05, 0.1) is 17.4 Å². The predicted molar refractivity (Wildman–Crippen MR) is 94.9 cm³/mol. The van der Waals surface area contributed by atoms with E-state index in [9.17, 15) is 18.0 Å². The Hall–Kier alpha value is -3.35. The Balaban J connectivity index is 1.56. The van der Waals surface area contributed by atoms with Crippen LogP contribution in [0.1, 0.15) is 21.5 Å². The van der Waals surface area contributed by atoms with Crippen LogP contribution in [-0.4, -0.2) is 11.3 Å². The molecule has 1 aromatic heterocycles. The third-order valence-electron chi connectivity index (χ3n) is 3.75. The van der Waals surface area contributed by atoms with Gasteiger partial charge >= 0.3 is 6.18 Å². The highest BCUT2D eigenvalue weighted by Crippen LogP contribution is 2.29. The molecule has 4 nitrogen and oxygen atoms in total. The minimum Gasteiger partial charge on any atom is -0.439 e. The minimum atomic E-state index is -4.33. The molecule has 3 aromatic rings. The number of halogens is 3. The van der Waals surface area contributed by atoms with Crippen LogP contribution < -0.4 is 10.1 Å². The van der Waals surface area contributed by atoms with Gasteiger partial charge in [0.15, 0.2) is 0 Å². The number of rotatable bonds is 6. The van der Waals surface area contributed by atoms with Gasteiger partial charge in [-0.25, -0.2) is 4.98 Å². The van der Waals surface area contributed by atoms with E-state index in [1.807, 2.05) is 0 Å². The molecule has 1 heterocycles. The highest BCUT2D eigenvalue weighted by atomic mass is 19.4. The van der Waals surface area contributed by atoms with Crippen molar-refractivity contribution in [2.24, 2.45) is 0 Å². The number of carbonyl (C=O) groups excluding carboxylic acids is 1. The summed E-state index contributed by atoms with van der Waals surface area (Å²) in [5, 5.41) is 3.09. The number of ether oxygens (including phenoxy) is 1. The molecule has 0 unspecified atom stereocenters. The molecule has 2 aromatic carbocycles. The van der Waals surface area contributed by atoms with Crippen LogP contribution in [0.5, 0.6) is 11.6 Å². The lowest BCUT2D eigenvalue weighted by Crippen LogP contribution is -2.05. The van der Waals surface area contributed by atoms with Gasteiger partial charge in [0.25, 0.3) is 0 Å². The normalized spacial score (nSPS) is 11.1. The first kappa shape index (κ1) is 18.4. The fourth-order valence-electron chi connectivity index (χ4n) is 2.30. The zero-order chi connectivity index (χ0) is 19.3. The van der Waals surface area contributed by atoms with Crippen LogP contribution in [0.25, 0.3) is 0 Å².